The molecule has 3 nitrogen and oxygen atoms in total. The molecule has 1 amide bonds. The van der Waals surface area contributed by atoms with Crippen LogP contribution in [0.25, 0.3) is 0 Å². The minimum Gasteiger partial charge on any atom is -0.273 e. The summed E-state index contributed by atoms with van der Waals surface area (Å²) in [4.78, 5) is 11.8. The molecule has 6 heteroatoms. The highest BCUT2D eigenvalue weighted by Gasteiger charge is 2.55. The molecule has 1 aromatic rings. The van der Waals surface area contributed by atoms with Gasteiger partial charge in [0.15, 0.2) is 0 Å². The number of fused-ring (bicyclic) bond motifs is 2. The lowest BCUT2D eigenvalue weighted by molar-refractivity contribution is -0.187. The molecule has 0 aromatic heterocycles. The fraction of sp³-hybridized carbons (Fsp3) is 0.529. The zero-order chi connectivity index (χ0) is 16.4. The van der Waals surface area contributed by atoms with Gasteiger partial charge >= 0.3 is 6.18 Å². The Bertz CT molecular complexity index is 585. The number of rotatable bonds is 4. The van der Waals surface area contributed by atoms with Gasteiger partial charge in [0.2, 0.25) is 5.91 Å². The van der Waals surface area contributed by atoms with Crippen LogP contribution >= 0.6 is 0 Å². The lowest BCUT2D eigenvalue weighted by atomic mass is 9.82. The van der Waals surface area contributed by atoms with Gasteiger partial charge in [-0.05, 0) is 42.6 Å². The molecule has 0 spiro atoms. The number of halogens is 3. The first-order chi connectivity index (χ1) is 10.9. The molecule has 124 valence electrons. The Morgan fingerprint density at radius 1 is 1.17 bits per heavy atom. The molecule has 2 aliphatic rings. The Kier molecular flexibility index (Phi) is 4.41. The van der Waals surface area contributed by atoms with Crippen molar-refractivity contribution >= 4 is 12.1 Å². The van der Waals surface area contributed by atoms with Crippen molar-refractivity contribution in [3.63, 3.8) is 0 Å². The molecule has 23 heavy (non-hydrogen) atoms. The van der Waals surface area contributed by atoms with Gasteiger partial charge in [-0.15, -0.1) is 0 Å². The van der Waals surface area contributed by atoms with Crippen LogP contribution < -0.4 is 5.43 Å². The molecular weight excluding hydrogens is 305 g/mol. The molecule has 4 atom stereocenters. The molecule has 0 heterocycles. The van der Waals surface area contributed by atoms with E-state index in [9.17, 15) is 18.0 Å². The highest BCUT2D eigenvalue weighted by Crippen LogP contribution is 2.56. The lowest BCUT2D eigenvalue weighted by Crippen LogP contribution is -2.31. The molecule has 1 aromatic carbocycles. The summed E-state index contributed by atoms with van der Waals surface area (Å²) in [5.41, 5.74) is 3.36. The number of benzene rings is 1. The zero-order valence-electron chi connectivity index (χ0n) is 12.6. The van der Waals surface area contributed by atoms with Crippen LogP contribution in [0.1, 0.15) is 24.8 Å². The van der Waals surface area contributed by atoms with Crippen molar-refractivity contribution in [3.8, 4) is 0 Å². The summed E-state index contributed by atoms with van der Waals surface area (Å²) in [5, 5.41) is 3.95. The SMILES string of the molecule is O=C(Cc1ccccc1)N/N=C\[C@H]1C[C@H]2C[C@H]1C[C@H]2C(F)(F)F. The number of carbonyl (C=O) groups excluding carboxylic acids is 1. The van der Waals surface area contributed by atoms with E-state index in [1.807, 2.05) is 30.3 Å². The third-order valence-electron chi connectivity index (χ3n) is 4.99. The van der Waals surface area contributed by atoms with Crippen molar-refractivity contribution < 1.29 is 18.0 Å². The summed E-state index contributed by atoms with van der Waals surface area (Å²) in [6.45, 7) is 0. The molecule has 0 unspecified atom stereocenters. The van der Waals surface area contributed by atoms with Gasteiger partial charge in [0.1, 0.15) is 0 Å². The third kappa shape index (κ3) is 3.74. The zero-order valence-corrected chi connectivity index (χ0v) is 12.6. The summed E-state index contributed by atoms with van der Waals surface area (Å²) in [6.07, 6.45) is -0.870. The standard InChI is InChI=1S/C17H19F3N2O/c18-17(19,20)15-9-12-7-13(15)8-14(12)10-21-22-16(23)6-11-4-2-1-3-5-11/h1-5,10,12-15H,6-9H2,(H,22,23)/b21-10-/t12-,13+,14+,15+/m0/s1. The van der Waals surface area contributed by atoms with Gasteiger partial charge in [0.25, 0.3) is 0 Å². The second kappa shape index (κ2) is 6.34. The number of hydrazone groups is 1. The number of alkyl halides is 3. The first-order valence-electron chi connectivity index (χ1n) is 7.86. The van der Waals surface area contributed by atoms with E-state index in [2.05, 4.69) is 10.5 Å². The maximum absolute atomic E-state index is 12.8. The van der Waals surface area contributed by atoms with Crippen LogP contribution in [-0.2, 0) is 11.2 Å². The Morgan fingerprint density at radius 3 is 2.52 bits per heavy atom. The van der Waals surface area contributed by atoms with Crippen LogP contribution in [0.2, 0.25) is 0 Å². The summed E-state index contributed by atoms with van der Waals surface area (Å²) in [5.74, 6) is -1.55. The first-order valence-corrected chi connectivity index (χ1v) is 7.86. The molecule has 0 radical (unpaired) electrons. The number of nitrogens with one attached hydrogen (secondary N) is 1. The predicted octanol–water partition coefficient (Wildman–Crippen LogP) is 3.56. The average Bonchev–Trinajstić information content (AvgIpc) is 3.08. The average molecular weight is 324 g/mol. The minimum atomic E-state index is -4.08. The second-order valence-corrected chi connectivity index (χ2v) is 6.51. The molecule has 2 bridgehead atoms. The molecule has 0 saturated heterocycles. The molecule has 3 rings (SSSR count). The molecule has 2 aliphatic carbocycles. The van der Waals surface area contributed by atoms with E-state index in [1.165, 1.54) is 0 Å². The fourth-order valence-electron chi connectivity index (χ4n) is 3.93. The van der Waals surface area contributed by atoms with Crippen molar-refractivity contribution in [2.75, 3.05) is 0 Å². The molecule has 0 aliphatic heterocycles. The minimum absolute atomic E-state index is 0.0430. The van der Waals surface area contributed by atoms with Gasteiger partial charge in [0, 0.05) is 6.21 Å². The molecular formula is C17H19F3N2O. The van der Waals surface area contributed by atoms with Crippen molar-refractivity contribution in [2.24, 2.45) is 28.8 Å². The van der Waals surface area contributed by atoms with Gasteiger partial charge in [-0.25, -0.2) is 5.43 Å². The van der Waals surface area contributed by atoms with Crippen LogP contribution in [0.3, 0.4) is 0 Å². The van der Waals surface area contributed by atoms with Crippen LogP contribution in [0.5, 0.6) is 0 Å². The summed E-state index contributed by atoms with van der Waals surface area (Å²) in [6, 6.07) is 9.31. The van der Waals surface area contributed by atoms with Crippen LogP contribution in [0.15, 0.2) is 35.4 Å². The maximum Gasteiger partial charge on any atom is 0.392 e. The monoisotopic (exact) mass is 324 g/mol. The second-order valence-electron chi connectivity index (χ2n) is 6.51. The quantitative estimate of drug-likeness (QED) is 0.668. The first kappa shape index (κ1) is 16.0. The van der Waals surface area contributed by atoms with E-state index >= 15 is 0 Å². The van der Waals surface area contributed by atoms with Gasteiger partial charge in [0.05, 0.1) is 12.3 Å². The Labute approximate surface area is 133 Å². The van der Waals surface area contributed by atoms with Gasteiger partial charge in [-0.3, -0.25) is 4.79 Å². The highest BCUT2D eigenvalue weighted by molar-refractivity contribution is 5.79. The topological polar surface area (TPSA) is 41.5 Å². The summed E-state index contributed by atoms with van der Waals surface area (Å²) in [7, 11) is 0. The number of hydrogen-bond donors (Lipinski definition) is 1. The van der Waals surface area contributed by atoms with Crippen molar-refractivity contribution in [2.45, 2.75) is 31.9 Å². The van der Waals surface area contributed by atoms with Crippen LogP contribution in [-0.4, -0.2) is 18.3 Å². The molecule has 1 N–H and O–H groups in total. The third-order valence-corrected chi connectivity index (χ3v) is 4.99. The fourth-order valence-corrected chi connectivity index (χ4v) is 3.93. The number of hydrogen-bond acceptors (Lipinski definition) is 2. The van der Waals surface area contributed by atoms with Crippen molar-refractivity contribution in [1.82, 2.24) is 5.43 Å². The number of amides is 1. The van der Waals surface area contributed by atoms with Crippen molar-refractivity contribution in [3.05, 3.63) is 35.9 Å². The van der Waals surface area contributed by atoms with E-state index in [1.54, 1.807) is 6.21 Å². The smallest absolute Gasteiger partial charge is 0.273 e. The number of carbonyl (C=O) groups is 1. The molecule has 2 saturated carbocycles. The number of nitrogens with zero attached hydrogens (tertiary/aromatic N) is 1. The van der Waals surface area contributed by atoms with E-state index in [0.29, 0.717) is 12.8 Å². The van der Waals surface area contributed by atoms with E-state index in [-0.39, 0.29) is 36.5 Å². The van der Waals surface area contributed by atoms with Crippen molar-refractivity contribution in [1.29, 1.82) is 0 Å². The van der Waals surface area contributed by atoms with Gasteiger partial charge < -0.3 is 0 Å². The largest absolute Gasteiger partial charge is 0.392 e. The van der Waals surface area contributed by atoms with Crippen LogP contribution in [0.4, 0.5) is 13.2 Å². The molecule has 2 fully saturated rings. The maximum atomic E-state index is 12.8. The van der Waals surface area contributed by atoms with E-state index in [0.717, 1.165) is 5.56 Å². The Morgan fingerprint density at radius 2 is 1.91 bits per heavy atom. The predicted molar refractivity (Wildman–Crippen MR) is 80.6 cm³/mol. The normalized spacial score (nSPS) is 30.0. The Balaban J connectivity index is 1.47. The van der Waals surface area contributed by atoms with Crippen LogP contribution in [0, 0.1) is 23.7 Å². The summed E-state index contributed by atoms with van der Waals surface area (Å²) >= 11 is 0. The lowest BCUT2D eigenvalue weighted by Gasteiger charge is -2.27. The van der Waals surface area contributed by atoms with E-state index < -0.39 is 12.1 Å². The van der Waals surface area contributed by atoms with E-state index in [4.69, 9.17) is 0 Å². The Hall–Kier alpha value is -1.85. The van der Waals surface area contributed by atoms with Gasteiger partial charge in [-0.1, -0.05) is 30.3 Å². The highest BCUT2D eigenvalue weighted by atomic mass is 19.4. The van der Waals surface area contributed by atoms with Gasteiger partial charge in [-0.2, -0.15) is 18.3 Å². The summed E-state index contributed by atoms with van der Waals surface area (Å²) < 4.78 is 38.5.